The van der Waals surface area contributed by atoms with Crippen molar-refractivity contribution in [3.8, 4) is 17.6 Å². The van der Waals surface area contributed by atoms with E-state index in [0.717, 1.165) is 5.56 Å². The van der Waals surface area contributed by atoms with Gasteiger partial charge in [-0.2, -0.15) is 0 Å². The predicted molar refractivity (Wildman–Crippen MR) is 139 cm³/mol. The quantitative estimate of drug-likeness (QED) is 0.407. The second-order valence-electron chi connectivity index (χ2n) is 11.1. The number of amides is 1. The zero-order valence-electron chi connectivity index (χ0n) is 21.6. The molecule has 200 valence electrons. The second kappa shape index (κ2) is 9.58. The lowest BCUT2D eigenvalue weighted by Gasteiger charge is -2.52. The summed E-state index contributed by atoms with van der Waals surface area (Å²) >= 11 is 0. The molecule has 0 aliphatic heterocycles. The van der Waals surface area contributed by atoms with E-state index in [4.69, 9.17) is 5.73 Å². The number of fused-ring (bicyclic) bond motifs is 3. The molecule has 3 aliphatic rings. The van der Waals surface area contributed by atoms with E-state index in [1.807, 2.05) is 30.3 Å². The Kier molecular flexibility index (Phi) is 6.51. The highest BCUT2D eigenvalue weighted by atomic mass is 16.3. The molecule has 2 saturated carbocycles. The van der Waals surface area contributed by atoms with Crippen molar-refractivity contribution in [3.63, 3.8) is 0 Å². The molecule has 6 atom stereocenters. The van der Waals surface area contributed by atoms with Crippen LogP contribution in [0, 0.1) is 47.3 Å². The van der Waals surface area contributed by atoms with E-state index in [9.17, 15) is 34.2 Å². The van der Waals surface area contributed by atoms with Gasteiger partial charge in [-0.25, -0.2) is 0 Å². The van der Waals surface area contributed by atoms with Crippen LogP contribution in [0.15, 0.2) is 42.5 Å². The Bertz CT molecular complexity index is 1480. The van der Waals surface area contributed by atoms with Gasteiger partial charge in [-0.1, -0.05) is 56.0 Å². The van der Waals surface area contributed by atoms with Crippen LogP contribution in [0.3, 0.4) is 0 Å². The van der Waals surface area contributed by atoms with Gasteiger partial charge < -0.3 is 15.9 Å². The van der Waals surface area contributed by atoms with Crippen molar-refractivity contribution in [2.24, 2.45) is 41.2 Å². The van der Waals surface area contributed by atoms with E-state index in [0.29, 0.717) is 17.5 Å². The van der Waals surface area contributed by atoms with E-state index in [-0.39, 0.29) is 24.2 Å². The lowest BCUT2D eigenvalue weighted by atomic mass is 9.49. The van der Waals surface area contributed by atoms with Crippen molar-refractivity contribution in [3.05, 3.63) is 64.7 Å². The van der Waals surface area contributed by atoms with Crippen LogP contribution in [-0.2, 0) is 32.0 Å². The summed E-state index contributed by atoms with van der Waals surface area (Å²) in [6.45, 7) is 3.43. The fourth-order valence-electron chi connectivity index (χ4n) is 6.81. The van der Waals surface area contributed by atoms with E-state index >= 15 is 0 Å². The van der Waals surface area contributed by atoms with Gasteiger partial charge in [0.25, 0.3) is 0 Å². The van der Waals surface area contributed by atoms with Crippen LogP contribution in [0.2, 0.25) is 0 Å². The standard InChI is InChI=1S/C31H29NO7/c1-15(2)22-20-14-18-13-19-17(10-6-9-16-7-4-3-5-8-16)11-12-21(33)24(19)27(35)23(18)28(36)31(20,39)29(37)25(26(22)34)30(32)38/h3-5,7-8,11-12,15,18,20,22-23,25,33,39H,9,13-14H2,1-2H3,(H2,32,38)/t18-,20-,22-,23?,25?,31-/m0/s1. The van der Waals surface area contributed by atoms with Crippen molar-refractivity contribution >= 4 is 29.0 Å². The third-order valence-corrected chi connectivity index (χ3v) is 8.55. The van der Waals surface area contributed by atoms with Crippen molar-refractivity contribution < 1.29 is 34.2 Å². The summed E-state index contributed by atoms with van der Waals surface area (Å²) in [5.41, 5.74) is 4.68. The summed E-state index contributed by atoms with van der Waals surface area (Å²) in [7, 11) is 0. The molecular formula is C31H29NO7. The SMILES string of the molecule is CC(C)[C@@H]1C(=O)C(C(N)=O)C(=O)[C@@]2(O)C(=O)C3C(=O)c4c(O)ccc(C#CCc5ccccc5)c4C[C@H]3C[C@@H]12. The van der Waals surface area contributed by atoms with Gasteiger partial charge >= 0.3 is 0 Å². The average Bonchev–Trinajstić information content (AvgIpc) is 2.87. The number of Topliss-reactive ketones (excluding diaryl/α,β-unsaturated/α-hetero) is 4. The largest absolute Gasteiger partial charge is 0.507 e. The molecule has 2 aromatic carbocycles. The van der Waals surface area contributed by atoms with Crippen molar-refractivity contribution in [1.82, 2.24) is 0 Å². The monoisotopic (exact) mass is 527 g/mol. The molecule has 0 spiro atoms. The van der Waals surface area contributed by atoms with Gasteiger partial charge in [0.1, 0.15) is 5.75 Å². The summed E-state index contributed by atoms with van der Waals surface area (Å²) in [6.07, 6.45) is 0.710. The smallest absolute Gasteiger partial charge is 0.235 e. The highest BCUT2D eigenvalue weighted by Gasteiger charge is 2.69. The molecule has 2 unspecified atom stereocenters. The Balaban J connectivity index is 1.57. The van der Waals surface area contributed by atoms with Crippen LogP contribution >= 0.6 is 0 Å². The summed E-state index contributed by atoms with van der Waals surface area (Å²) in [4.78, 5) is 66.2. The van der Waals surface area contributed by atoms with E-state index in [1.54, 1.807) is 19.9 Å². The van der Waals surface area contributed by atoms with Gasteiger partial charge in [0.15, 0.2) is 34.7 Å². The zero-order chi connectivity index (χ0) is 28.2. The number of carbonyl (C=O) groups is 5. The van der Waals surface area contributed by atoms with E-state index in [1.165, 1.54) is 6.07 Å². The number of hydrogen-bond acceptors (Lipinski definition) is 7. The molecule has 0 saturated heterocycles. The van der Waals surface area contributed by atoms with Crippen molar-refractivity contribution in [2.45, 2.75) is 38.7 Å². The highest BCUT2D eigenvalue weighted by Crippen LogP contribution is 2.53. The Labute approximate surface area is 225 Å². The first kappa shape index (κ1) is 26.5. The number of aliphatic hydroxyl groups is 1. The van der Waals surface area contributed by atoms with Crippen LogP contribution < -0.4 is 5.73 Å². The molecule has 1 amide bonds. The maximum Gasteiger partial charge on any atom is 0.235 e. The molecule has 0 aromatic heterocycles. The molecule has 2 aromatic rings. The molecule has 39 heavy (non-hydrogen) atoms. The molecule has 2 fully saturated rings. The number of rotatable bonds is 3. The minimum Gasteiger partial charge on any atom is -0.507 e. The number of phenolic OH excluding ortho intramolecular Hbond substituents is 1. The van der Waals surface area contributed by atoms with Crippen molar-refractivity contribution in [1.29, 1.82) is 0 Å². The first-order valence-electron chi connectivity index (χ1n) is 13.0. The highest BCUT2D eigenvalue weighted by molar-refractivity contribution is 6.31. The Morgan fingerprint density at radius 2 is 1.77 bits per heavy atom. The topological polar surface area (TPSA) is 152 Å². The molecule has 4 N–H and O–H groups in total. The minimum atomic E-state index is -2.69. The van der Waals surface area contributed by atoms with Crippen LogP contribution in [0.5, 0.6) is 5.75 Å². The maximum atomic E-state index is 13.8. The molecule has 8 heteroatoms. The molecule has 5 rings (SSSR count). The summed E-state index contributed by atoms with van der Waals surface area (Å²) in [5, 5.41) is 22.3. The summed E-state index contributed by atoms with van der Waals surface area (Å²) in [5.74, 6) is -5.49. The number of benzene rings is 2. The van der Waals surface area contributed by atoms with Crippen LogP contribution in [0.1, 0.15) is 47.3 Å². The van der Waals surface area contributed by atoms with Gasteiger partial charge in [-0.3, -0.25) is 24.0 Å². The fourth-order valence-corrected chi connectivity index (χ4v) is 6.81. The first-order valence-corrected chi connectivity index (χ1v) is 13.0. The van der Waals surface area contributed by atoms with Crippen LogP contribution in [-0.4, -0.2) is 44.9 Å². The normalized spacial score (nSPS) is 29.7. The number of phenols is 1. The number of carbonyl (C=O) groups excluding carboxylic acids is 5. The Hall–Kier alpha value is -4.09. The minimum absolute atomic E-state index is 0.0381. The number of ketones is 4. The molecule has 3 aliphatic carbocycles. The predicted octanol–water partition coefficient (Wildman–Crippen LogP) is 1.80. The Morgan fingerprint density at radius 1 is 1.08 bits per heavy atom. The van der Waals surface area contributed by atoms with Crippen molar-refractivity contribution in [2.75, 3.05) is 0 Å². The number of aromatic hydroxyl groups is 1. The van der Waals surface area contributed by atoms with Crippen LogP contribution in [0.25, 0.3) is 0 Å². The third kappa shape index (κ3) is 4.00. The lowest BCUT2D eigenvalue weighted by Crippen LogP contribution is -2.71. The maximum absolute atomic E-state index is 13.8. The third-order valence-electron chi connectivity index (χ3n) is 8.55. The van der Waals surface area contributed by atoms with E-state index < -0.39 is 70.1 Å². The average molecular weight is 528 g/mol. The summed E-state index contributed by atoms with van der Waals surface area (Å²) in [6, 6.07) is 12.6. The number of primary amides is 1. The Morgan fingerprint density at radius 3 is 2.41 bits per heavy atom. The fraction of sp³-hybridized carbons (Fsp3) is 0.387. The number of hydrogen-bond donors (Lipinski definition) is 3. The number of nitrogens with two attached hydrogens (primary N) is 1. The van der Waals surface area contributed by atoms with Gasteiger partial charge in [0, 0.05) is 23.8 Å². The molecule has 0 radical (unpaired) electrons. The lowest BCUT2D eigenvalue weighted by molar-refractivity contribution is -0.182. The van der Waals surface area contributed by atoms with Gasteiger partial charge in [-0.05, 0) is 47.9 Å². The zero-order valence-corrected chi connectivity index (χ0v) is 21.6. The second-order valence-corrected chi connectivity index (χ2v) is 11.1. The van der Waals surface area contributed by atoms with Gasteiger partial charge in [0.05, 0.1) is 11.5 Å². The van der Waals surface area contributed by atoms with Crippen LogP contribution in [0.4, 0.5) is 0 Å². The molecule has 8 nitrogen and oxygen atoms in total. The molecular weight excluding hydrogens is 498 g/mol. The van der Waals surface area contributed by atoms with E-state index in [2.05, 4.69) is 11.8 Å². The first-order chi connectivity index (χ1) is 18.5. The summed E-state index contributed by atoms with van der Waals surface area (Å²) < 4.78 is 0. The van der Waals surface area contributed by atoms with Gasteiger partial charge in [-0.15, -0.1) is 0 Å². The van der Waals surface area contributed by atoms with Gasteiger partial charge in [0.2, 0.25) is 5.91 Å². The molecule has 0 heterocycles. The molecule has 0 bridgehead atoms.